The van der Waals surface area contributed by atoms with E-state index in [1.54, 1.807) is 0 Å². The lowest BCUT2D eigenvalue weighted by Crippen LogP contribution is -2.37. The first-order valence-electron chi connectivity index (χ1n) is 8.13. The van der Waals surface area contributed by atoms with Crippen LogP contribution >= 0.6 is 11.6 Å². The molecule has 0 atom stereocenters. The lowest BCUT2D eigenvalue weighted by molar-refractivity contribution is -0.139. The molecule has 1 rings (SSSR count). The molecule has 0 fully saturated rings. The van der Waals surface area contributed by atoms with Crippen LogP contribution in [0.2, 0.25) is 5.02 Å². The molecule has 0 saturated heterocycles. The van der Waals surface area contributed by atoms with Crippen LogP contribution in [-0.2, 0) is 4.79 Å². The number of alkyl halides is 3. The lowest BCUT2D eigenvalue weighted by atomic mass is 10.1. The van der Waals surface area contributed by atoms with Gasteiger partial charge in [0.25, 0.3) is 5.91 Å². The van der Waals surface area contributed by atoms with Crippen molar-refractivity contribution in [2.24, 2.45) is 0 Å². The van der Waals surface area contributed by atoms with E-state index in [1.807, 2.05) is 13.8 Å². The Bertz CT molecular complexity index is 544. The van der Waals surface area contributed by atoms with Gasteiger partial charge in [0.1, 0.15) is 5.57 Å². The number of rotatable bonds is 8. The largest absolute Gasteiger partial charge is 0.421 e. The summed E-state index contributed by atoms with van der Waals surface area (Å²) in [6, 6.07) is 5.92. The first-order chi connectivity index (χ1) is 11.3. The molecule has 0 radical (unpaired) electrons. The van der Waals surface area contributed by atoms with Crippen LogP contribution < -0.4 is 0 Å². The Morgan fingerprint density at radius 2 is 1.58 bits per heavy atom. The highest BCUT2D eigenvalue weighted by molar-refractivity contribution is 6.30. The maximum Gasteiger partial charge on any atom is 0.421 e. The molecule has 1 amide bonds. The maximum atomic E-state index is 13.4. The van der Waals surface area contributed by atoms with Crippen LogP contribution in [0.5, 0.6) is 0 Å². The SMILES string of the molecule is CCCCN(CCCC)C(=O)/C(=C/c1ccc(Cl)cc1)C(F)(F)F. The molecule has 0 heterocycles. The summed E-state index contributed by atoms with van der Waals surface area (Å²) in [5, 5.41) is 0.430. The van der Waals surface area contributed by atoms with Gasteiger partial charge in [-0.25, -0.2) is 0 Å². The third-order valence-corrected chi connectivity index (χ3v) is 3.82. The first kappa shape index (κ1) is 20.6. The number of amides is 1. The number of hydrogen-bond acceptors (Lipinski definition) is 1. The van der Waals surface area contributed by atoms with E-state index < -0.39 is 17.7 Å². The van der Waals surface area contributed by atoms with E-state index in [-0.39, 0.29) is 0 Å². The van der Waals surface area contributed by atoms with Gasteiger partial charge in [-0.1, -0.05) is 50.4 Å². The number of halogens is 4. The van der Waals surface area contributed by atoms with Crippen molar-refractivity contribution in [3.63, 3.8) is 0 Å². The summed E-state index contributed by atoms with van der Waals surface area (Å²) in [5.74, 6) is -0.959. The molecular formula is C18H23ClF3NO. The quantitative estimate of drug-likeness (QED) is 0.543. The van der Waals surface area contributed by atoms with Crippen LogP contribution in [0.3, 0.4) is 0 Å². The molecule has 0 aliphatic carbocycles. The Morgan fingerprint density at radius 1 is 1.08 bits per heavy atom. The van der Waals surface area contributed by atoms with Crippen LogP contribution in [0.15, 0.2) is 29.8 Å². The Kier molecular flexibility index (Phi) is 8.32. The van der Waals surface area contributed by atoms with Gasteiger partial charge in [0, 0.05) is 18.1 Å². The van der Waals surface area contributed by atoms with Gasteiger partial charge < -0.3 is 4.90 Å². The van der Waals surface area contributed by atoms with E-state index in [0.717, 1.165) is 18.9 Å². The van der Waals surface area contributed by atoms with Gasteiger partial charge in [-0.15, -0.1) is 0 Å². The summed E-state index contributed by atoms with van der Waals surface area (Å²) in [5.41, 5.74) is -0.844. The summed E-state index contributed by atoms with van der Waals surface area (Å²) in [4.78, 5) is 13.8. The zero-order valence-electron chi connectivity index (χ0n) is 14.0. The summed E-state index contributed by atoms with van der Waals surface area (Å²) in [6.45, 7) is 4.56. The van der Waals surface area contributed by atoms with Crippen molar-refractivity contribution in [2.45, 2.75) is 45.7 Å². The Balaban J connectivity index is 3.12. The Labute approximate surface area is 146 Å². The van der Waals surface area contributed by atoms with E-state index in [2.05, 4.69) is 0 Å². The fourth-order valence-electron chi connectivity index (χ4n) is 2.17. The van der Waals surface area contributed by atoms with Crippen molar-refractivity contribution >= 4 is 23.6 Å². The van der Waals surface area contributed by atoms with Crippen LogP contribution in [0.1, 0.15) is 45.1 Å². The summed E-state index contributed by atoms with van der Waals surface area (Å²) in [7, 11) is 0. The fraction of sp³-hybridized carbons (Fsp3) is 0.500. The average molecular weight is 362 g/mol. The van der Waals surface area contributed by atoms with Gasteiger partial charge in [0.15, 0.2) is 0 Å². The minimum Gasteiger partial charge on any atom is -0.339 e. The maximum absolute atomic E-state index is 13.4. The van der Waals surface area contributed by atoms with E-state index in [0.29, 0.717) is 36.5 Å². The number of unbranched alkanes of at least 4 members (excludes halogenated alkanes) is 2. The number of benzene rings is 1. The van der Waals surface area contributed by atoms with Gasteiger partial charge >= 0.3 is 6.18 Å². The normalized spacial score (nSPS) is 12.3. The first-order valence-corrected chi connectivity index (χ1v) is 8.51. The molecule has 0 aliphatic heterocycles. The third kappa shape index (κ3) is 6.56. The van der Waals surface area contributed by atoms with E-state index in [9.17, 15) is 18.0 Å². The molecule has 1 aromatic carbocycles. The smallest absolute Gasteiger partial charge is 0.339 e. The van der Waals surface area contributed by atoms with Crippen molar-refractivity contribution < 1.29 is 18.0 Å². The predicted octanol–water partition coefficient (Wildman–Crippen LogP) is 5.71. The Morgan fingerprint density at radius 3 is 2.00 bits per heavy atom. The lowest BCUT2D eigenvalue weighted by Gasteiger charge is -2.24. The Hall–Kier alpha value is -1.49. The number of hydrogen-bond donors (Lipinski definition) is 0. The van der Waals surface area contributed by atoms with Gasteiger partial charge in [-0.3, -0.25) is 4.79 Å². The van der Waals surface area contributed by atoms with Gasteiger partial charge in [0.2, 0.25) is 0 Å². The highest BCUT2D eigenvalue weighted by Gasteiger charge is 2.40. The molecule has 0 aliphatic rings. The molecule has 134 valence electrons. The highest BCUT2D eigenvalue weighted by atomic mass is 35.5. The van der Waals surface area contributed by atoms with Crippen molar-refractivity contribution in [3.8, 4) is 0 Å². The minimum absolute atomic E-state index is 0.297. The van der Waals surface area contributed by atoms with Crippen LogP contribution in [-0.4, -0.2) is 30.1 Å². The zero-order valence-corrected chi connectivity index (χ0v) is 14.8. The molecule has 0 unspecified atom stereocenters. The molecule has 0 saturated carbocycles. The second-order valence-corrected chi connectivity index (χ2v) is 6.04. The topological polar surface area (TPSA) is 20.3 Å². The van der Waals surface area contributed by atoms with Crippen molar-refractivity contribution in [3.05, 3.63) is 40.4 Å². The van der Waals surface area contributed by atoms with E-state index in [4.69, 9.17) is 11.6 Å². The molecule has 2 nitrogen and oxygen atoms in total. The molecule has 0 N–H and O–H groups in total. The van der Waals surface area contributed by atoms with Crippen molar-refractivity contribution in [2.75, 3.05) is 13.1 Å². The fourth-order valence-corrected chi connectivity index (χ4v) is 2.30. The van der Waals surface area contributed by atoms with E-state index >= 15 is 0 Å². The molecule has 24 heavy (non-hydrogen) atoms. The second kappa shape index (κ2) is 9.72. The van der Waals surface area contributed by atoms with Crippen molar-refractivity contribution in [1.82, 2.24) is 4.90 Å². The van der Waals surface area contributed by atoms with Gasteiger partial charge in [-0.05, 0) is 36.6 Å². The predicted molar refractivity (Wildman–Crippen MR) is 91.9 cm³/mol. The second-order valence-electron chi connectivity index (χ2n) is 5.61. The summed E-state index contributed by atoms with van der Waals surface area (Å²) < 4.78 is 40.2. The molecular weight excluding hydrogens is 339 g/mol. The van der Waals surface area contributed by atoms with Gasteiger partial charge in [0.05, 0.1) is 0 Å². The van der Waals surface area contributed by atoms with Gasteiger partial charge in [-0.2, -0.15) is 13.2 Å². The number of carbonyl (C=O) groups excluding carboxylic acids is 1. The number of nitrogens with zero attached hydrogens (tertiary/aromatic N) is 1. The molecule has 1 aromatic rings. The molecule has 6 heteroatoms. The third-order valence-electron chi connectivity index (χ3n) is 3.57. The summed E-state index contributed by atoms with van der Waals surface area (Å²) in [6.07, 6.45) is -0.809. The minimum atomic E-state index is -4.70. The molecule has 0 bridgehead atoms. The van der Waals surface area contributed by atoms with Crippen LogP contribution in [0.4, 0.5) is 13.2 Å². The van der Waals surface area contributed by atoms with E-state index in [1.165, 1.54) is 29.2 Å². The van der Waals surface area contributed by atoms with Crippen molar-refractivity contribution in [1.29, 1.82) is 0 Å². The van der Waals surface area contributed by atoms with Crippen LogP contribution in [0, 0.1) is 0 Å². The summed E-state index contributed by atoms with van der Waals surface area (Å²) >= 11 is 5.75. The molecule has 0 spiro atoms. The number of carbonyl (C=O) groups is 1. The zero-order chi connectivity index (χ0) is 18.2. The monoisotopic (exact) mass is 361 g/mol. The average Bonchev–Trinajstić information content (AvgIpc) is 2.53. The highest BCUT2D eigenvalue weighted by Crippen LogP contribution is 2.29. The standard InChI is InChI=1S/C18H23ClF3NO/c1-3-5-11-23(12-6-4-2)17(24)16(18(20,21)22)13-14-7-9-15(19)10-8-14/h7-10,13H,3-6,11-12H2,1-2H3/b16-13-. The van der Waals surface area contributed by atoms with Crippen LogP contribution in [0.25, 0.3) is 6.08 Å². The molecule has 0 aromatic heterocycles.